The molecule has 0 aliphatic carbocycles. The molecule has 1 atom stereocenters. The van der Waals surface area contributed by atoms with Gasteiger partial charge in [0.15, 0.2) is 0 Å². The number of nitrogens with one attached hydrogen (secondary N) is 1. The third-order valence-corrected chi connectivity index (χ3v) is 4.82. The van der Waals surface area contributed by atoms with Crippen LogP contribution >= 0.6 is 0 Å². The van der Waals surface area contributed by atoms with E-state index in [2.05, 4.69) is 4.72 Å². The first kappa shape index (κ1) is 18.4. The van der Waals surface area contributed by atoms with E-state index in [0.717, 1.165) is 18.2 Å². The van der Waals surface area contributed by atoms with E-state index >= 15 is 0 Å². The summed E-state index contributed by atoms with van der Waals surface area (Å²) in [6.45, 7) is -0.103. The number of hydrogen-bond acceptors (Lipinski definition) is 3. The molecule has 0 saturated heterocycles. The number of rotatable bonds is 6. The Kier molecular flexibility index (Phi) is 5.63. The van der Waals surface area contributed by atoms with E-state index in [9.17, 15) is 26.7 Å². The lowest BCUT2D eigenvalue weighted by Crippen LogP contribution is -2.26. The molecule has 8 heteroatoms. The number of halogens is 3. The standard InChI is InChI=1S/C16H16F3NO3S/c17-16(18,19)13-7-4-8-14(11-13)24(22,23)20-10-9-15(21)12-5-2-1-3-6-12/h1-8,11,15,20-21H,9-10H2. The highest BCUT2D eigenvalue weighted by Crippen LogP contribution is 2.30. The quantitative estimate of drug-likeness (QED) is 0.833. The van der Waals surface area contributed by atoms with Crippen LogP contribution in [0.4, 0.5) is 13.2 Å². The molecule has 0 amide bonds. The summed E-state index contributed by atoms with van der Waals surface area (Å²) < 4.78 is 64.3. The fourth-order valence-corrected chi connectivity index (χ4v) is 3.19. The van der Waals surface area contributed by atoms with Crippen molar-refractivity contribution in [3.8, 4) is 0 Å². The SMILES string of the molecule is O=S(=O)(NCCC(O)c1ccccc1)c1cccc(C(F)(F)F)c1. The second-order valence-corrected chi connectivity index (χ2v) is 6.91. The Balaban J connectivity index is 2.02. The zero-order valence-electron chi connectivity index (χ0n) is 12.5. The Hall–Kier alpha value is -1.90. The second-order valence-electron chi connectivity index (χ2n) is 5.14. The van der Waals surface area contributed by atoms with Gasteiger partial charge >= 0.3 is 6.18 Å². The third-order valence-electron chi connectivity index (χ3n) is 3.37. The molecule has 130 valence electrons. The van der Waals surface area contributed by atoms with E-state index in [0.29, 0.717) is 11.6 Å². The summed E-state index contributed by atoms with van der Waals surface area (Å²) in [4.78, 5) is -0.466. The predicted octanol–water partition coefficient (Wildman–Crippen LogP) is 3.11. The van der Waals surface area contributed by atoms with Gasteiger partial charge in [-0.15, -0.1) is 0 Å². The zero-order chi connectivity index (χ0) is 17.8. The average Bonchev–Trinajstić information content (AvgIpc) is 2.55. The Morgan fingerprint density at radius 3 is 2.33 bits per heavy atom. The topological polar surface area (TPSA) is 66.4 Å². The molecule has 0 saturated carbocycles. The Labute approximate surface area is 138 Å². The number of aliphatic hydroxyl groups is 1. The van der Waals surface area contributed by atoms with Gasteiger partial charge in [0.25, 0.3) is 0 Å². The molecule has 0 aliphatic heterocycles. The summed E-state index contributed by atoms with van der Waals surface area (Å²) in [7, 11) is -4.08. The van der Waals surface area contributed by atoms with Crippen molar-refractivity contribution in [2.75, 3.05) is 6.54 Å². The van der Waals surface area contributed by atoms with Crippen molar-refractivity contribution >= 4 is 10.0 Å². The van der Waals surface area contributed by atoms with E-state index in [4.69, 9.17) is 0 Å². The fourth-order valence-electron chi connectivity index (χ4n) is 2.09. The van der Waals surface area contributed by atoms with Gasteiger partial charge in [0.1, 0.15) is 0 Å². The maximum atomic E-state index is 12.7. The Morgan fingerprint density at radius 1 is 1.04 bits per heavy atom. The van der Waals surface area contributed by atoms with E-state index in [1.165, 1.54) is 0 Å². The van der Waals surface area contributed by atoms with Crippen LogP contribution in [0.5, 0.6) is 0 Å². The highest BCUT2D eigenvalue weighted by Gasteiger charge is 2.31. The molecular formula is C16H16F3NO3S. The molecule has 2 rings (SSSR count). The molecular weight excluding hydrogens is 343 g/mol. The first-order valence-corrected chi connectivity index (χ1v) is 8.58. The molecule has 2 N–H and O–H groups in total. The normalized spacial score (nSPS) is 13.7. The van der Waals surface area contributed by atoms with Crippen molar-refractivity contribution in [2.24, 2.45) is 0 Å². The molecule has 0 radical (unpaired) electrons. The van der Waals surface area contributed by atoms with Crippen LogP contribution in [-0.4, -0.2) is 20.1 Å². The molecule has 0 aromatic heterocycles. The van der Waals surface area contributed by atoms with Crippen LogP contribution in [0.1, 0.15) is 23.7 Å². The molecule has 0 spiro atoms. The minimum atomic E-state index is -4.62. The third kappa shape index (κ3) is 4.80. The largest absolute Gasteiger partial charge is 0.416 e. The molecule has 2 aromatic carbocycles. The van der Waals surface area contributed by atoms with Crippen LogP contribution in [0, 0.1) is 0 Å². The van der Waals surface area contributed by atoms with Crippen LogP contribution < -0.4 is 4.72 Å². The Morgan fingerprint density at radius 2 is 1.71 bits per heavy atom. The van der Waals surface area contributed by atoms with Gasteiger partial charge in [-0.2, -0.15) is 13.2 Å². The van der Waals surface area contributed by atoms with Crippen molar-refractivity contribution in [3.63, 3.8) is 0 Å². The van der Waals surface area contributed by atoms with Crippen LogP contribution in [-0.2, 0) is 16.2 Å². The van der Waals surface area contributed by atoms with Crippen molar-refractivity contribution < 1.29 is 26.7 Å². The lowest BCUT2D eigenvalue weighted by molar-refractivity contribution is -0.137. The predicted molar refractivity (Wildman–Crippen MR) is 82.7 cm³/mol. The van der Waals surface area contributed by atoms with Crippen LogP contribution in [0.3, 0.4) is 0 Å². The monoisotopic (exact) mass is 359 g/mol. The smallest absolute Gasteiger partial charge is 0.388 e. The van der Waals surface area contributed by atoms with E-state index in [1.807, 2.05) is 0 Å². The Bertz CT molecular complexity index is 777. The van der Waals surface area contributed by atoms with Gasteiger partial charge < -0.3 is 5.11 Å². The summed E-state index contributed by atoms with van der Waals surface area (Å²) in [5.41, 5.74) is -0.398. The van der Waals surface area contributed by atoms with Gasteiger partial charge in [0.2, 0.25) is 10.0 Å². The minimum Gasteiger partial charge on any atom is -0.388 e. The molecule has 0 bridgehead atoms. The van der Waals surface area contributed by atoms with Crippen LogP contribution in [0.15, 0.2) is 59.5 Å². The average molecular weight is 359 g/mol. The molecule has 0 aliphatic rings. The molecule has 0 fully saturated rings. The summed E-state index contributed by atoms with van der Waals surface area (Å²) in [6.07, 6.45) is -5.38. The van der Waals surface area contributed by atoms with Gasteiger partial charge in [-0.05, 0) is 30.2 Å². The number of benzene rings is 2. The van der Waals surface area contributed by atoms with Gasteiger partial charge in [-0.3, -0.25) is 0 Å². The first-order valence-electron chi connectivity index (χ1n) is 7.10. The summed E-state index contributed by atoms with van der Waals surface area (Å²) in [5.74, 6) is 0. The minimum absolute atomic E-state index is 0.0994. The van der Waals surface area contributed by atoms with Gasteiger partial charge in [0, 0.05) is 6.54 Å². The van der Waals surface area contributed by atoms with E-state index in [-0.39, 0.29) is 13.0 Å². The van der Waals surface area contributed by atoms with Gasteiger partial charge in [0.05, 0.1) is 16.6 Å². The second kappa shape index (κ2) is 7.33. The lowest BCUT2D eigenvalue weighted by atomic mass is 10.1. The van der Waals surface area contributed by atoms with E-state index in [1.54, 1.807) is 30.3 Å². The van der Waals surface area contributed by atoms with E-state index < -0.39 is 32.8 Å². The van der Waals surface area contributed by atoms with Crippen LogP contribution in [0.25, 0.3) is 0 Å². The number of sulfonamides is 1. The molecule has 0 heterocycles. The molecule has 2 aromatic rings. The summed E-state index contributed by atoms with van der Waals surface area (Å²) in [6, 6.07) is 12.2. The first-order chi connectivity index (χ1) is 11.2. The molecule has 24 heavy (non-hydrogen) atoms. The van der Waals surface area contributed by atoms with Gasteiger partial charge in [-0.25, -0.2) is 13.1 Å². The maximum absolute atomic E-state index is 12.7. The summed E-state index contributed by atoms with van der Waals surface area (Å²) >= 11 is 0. The lowest BCUT2D eigenvalue weighted by Gasteiger charge is -2.13. The van der Waals surface area contributed by atoms with Crippen molar-refractivity contribution in [1.82, 2.24) is 4.72 Å². The highest BCUT2D eigenvalue weighted by molar-refractivity contribution is 7.89. The summed E-state index contributed by atoms with van der Waals surface area (Å²) in [5, 5.41) is 9.96. The van der Waals surface area contributed by atoms with Crippen molar-refractivity contribution in [1.29, 1.82) is 0 Å². The maximum Gasteiger partial charge on any atom is 0.416 e. The number of alkyl halides is 3. The molecule has 1 unspecified atom stereocenters. The molecule has 4 nitrogen and oxygen atoms in total. The fraction of sp³-hybridized carbons (Fsp3) is 0.250. The highest BCUT2D eigenvalue weighted by atomic mass is 32.2. The van der Waals surface area contributed by atoms with Gasteiger partial charge in [-0.1, -0.05) is 36.4 Å². The van der Waals surface area contributed by atoms with Crippen LogP contribution in [0.2, 0.25) is 0 Å². The van der Waals surface area contributed by atoms with Crippen molar-refractivity contribution in [2.45, 2.75) is 23.6 Å². The zero-order valence-corrected chi connectivity index (χ0v) is 13.3. The number of aliphatic hydroxyl groups excluding tert-OH is 1. The van der Waals surface area contributed by atoms with Crippen molar-refractivity contribution in [3.05, 3.63) is 65.7 Å². The number of hydrogen-bond donors (Lipinski definition) is 2.